The van der Waals surface area contributed by atoms with Gasteiger partial charge in [0.25, 0.3) is 0 Å². The number of rotatable bonds is 5. The summed E-state index contributed by atoms with van der Waals surface area (Å²) in [6.07, 6.45) is 1.76. The van der Waals surface area contributed by atoms with Crippen molar-refractivity contribution < 1.29 is 9.84 Å². The van der Waals surface area contributed by atoms with E-state index in [-0.39, 0.29) is 11.8 Å². The van der Waals surface area contributed by atoms with E-state index in [0.717, 1.165) is 17.1 Å². The number of pyridine rings is 1. The van der Waals surface area contributed by atoms with E-state index in [9.17, 15) is 5.11 Å². The summed E-state index contributed by atoms with van der Waals surface area (Å²) in [6, 6.07) is 9.11. The van der Waals surface area contributed by atoms with Gasteiger partial charge in [0.15, 0.2) is 5.82 Å². The average Bonchev–Trinajstić information content (AvgIpc) is 2.47. The molecule has 0 amide bonds. The molecule has 2 N–H and O–H groups in total. The smallest absolute Gasteiger partial charge is 0.151 e. The van der Waals surface area contributed by atoms with Crippen LogP contribution < -0.4 is 15.0 Å². The van der Waals surface area contributed by atoms with Gasteiger partial charge in [0.1, 0.15) is 11.5 Å². The molecule has 0 saturated heterocycles. The van der Waals surface area contributed by atoms with E-state index in [1.54, 1.807) is 19.4 Å². The standard InChI is InChI=1S/C16H21N3O2/c1-11(13-8-7-12(21-4)10-15(13)20)18-14-6-5-9-17-16(14)19(2)3/h5-11,18,20H,1-4H3. The maximum atomic E-state index is 10.1. The largest absolute Gasteiger partial charge is 0.507 e. The molecule has 1 aromatic heterocycles. The first-order valence-corrected chi connectivity index (χ1v) is 6.78. The average molecular weight is 287 g/mol. The van der Waals surface area contributed by atoms with E-state index >= 15 is 0 Å². The summed E-state index contributed by atoms with van der Waals surface area (Å²) in [6.45, 7) is 1.99. The van der Waals surface area contributed by atoms with Gasteiger partial charge in [0.05, 0.1) is 18.8 Å². The summed E-state index contributed by atoms with van der Waals surface area (Å²) in [7, 11) is 5.47. The van der Waals surface area contributed by atoms with Crippen molar-refractivity contribution in [2.24, 2.45) is 0 Å². The Morgan fingerprint density at radius 2 is 2.05 bits per heavy atom. The minimum absolute atomic E-state index is 0.0567. The van der Waals surface area contributed by atoms with Crippen LogP contribution in [0.5, 0.6) is 11.5 Å². The number of ether oxygens (including phenoxy) is 1. The third-order valence-electron chi connectivity index (χ3n) is 3.29. The number of aromatic hydroxyl groups is 1. The van der Waals surface area contributed by atoms with Crippen molar-refractivity contribution in [2.45, 2.75) is 13.0 Å². The molecular weight excluding hydrogens is 266 g/mol. The molecule has 0 aliphatic heterocycles. The van der Waals surface area contributed by atoms with Crippen molar-refractivity contribution in [1.82, 2.24) is 4.98 Å². The lowest BCUT2D eigenvalue weighted by molar-refractivity contribution is 0.406. The summed E-state index contributed by atoms with van der Waals surface area (Å²) in [5.41, 5.74) is 1.73. The molecule has 0 spiro atoms. The Morgan fingerprint density at radius 1 is 1.29 bits per heavy atom. The molecule has 2 rings (SSSR count). The Bertz CT molecular complexity index is 614. The van der Waals surface area contributed by atoms with Crippen LogP contribution >= 0.6 is 0 Å². The normalized spacial score (nSPS) is 11.8. The topological polar surface area (TPSA) is 57.6 Å². The molecule has 112 valence electrons. The fourth-order valence-corrected chi connectivity index (χ4v) is 2.19. The maximum absolute atomic E-state index is 10.1. The van der Waals surface area contributed by atoms with Crippen LogP contribution in [0, 0.1) is 0 Å². The van der Waals surface area contributed by atoms with Crippen LogP contribution in [0.15, 0.2) is 36.5 Å². The Hall–Kier alpha value is -2.43. The van der Waals surface area contributed by atoms with Gasteiger partial charge in [-0.3, -0.25) is 0 Å². The van der Waals surface area contributed by atoms with Gasteiger partial charge in [-0.05, 0) is 31.2 Å². The van der Waals surface area contributed by atoms with E-state index in [0.29, 0.717) is 5.75 Å². The van der Waals surface area contributed by atoms with E-state index < -0.39 is 0 Å². The molecule has 5 heteroatoms. The van der Waals surface area contributed by atoms with E-state index in [4.69, 9.17) is 4.74 Å². The number of hydrogen-bond donors (Lipinski definition) is 2. The van der Waals surface area contributed by atoms with Gasteiger partial charge < -0.3 is 20.1 Å². The third kappa shape index (κ3) is 3.37. The monoisotopic (exact) mass is 287 g/mol. The quantitative estimate of drug-likeness (QED) is 0.885. The SMILES string of the molecule is COc1ccc(C(C)Nc2cccnc2N(C)C)c(O)c1. The van der Waals surface area contributed by atoms with Gasteiger partial charge in [-0.2, -0.15) is 0 Å². The molecule has 2 aromatic rings. The highest BCUT2D eigenvalue weighted by atomic mass is 16.5. The van der Waals surface area contributed by atoms with Gasteiger partial charge in [-0.1, -0.05) is 0 Å². The number of phenolic OH excluding ortho intramolecular Hbond substituents is 1. The van der Waals surface area contributed by atoms with E-state index in [1.807, 2.05) is 50.2 Å². The summed E-state index contributed by atoms with van der Waals surface area (Å²) in [4.78, 5) is 6.30. The Balaban J connectivity index is 2.24. The van der Waals surface area contributed by atoms with Crippen LogP contribution in [-0.2, 0) is 0 Å². The lowest BCUT2D eigenvalue weighted by Gasteiger charge is -2.21. The highest BCUT2D eigenvalue weighted by molar-refractivity contribution is 5.65. The Labute approximate surface area is 125 Å². The lowest BCUT2D eigenvalue weighted by atomic mass is 10.1. The van der Waals surface area contributed by atoms with Gasteiger partial charge in [-0.25, -0.2) is 4.98 Å². The first kappa shape index (κ1) is 15.0. The van der Waals surface area contributed by atoms with Crippen molar-refractivity contribution in [2.75, 3.05) is 31.4 Å². The molecule has 1 unspecified atom stereocenters. The fraction of sp³-hybridized carbons (Fsp3) is 0.312. The van der Waals surface area contributed by atoms with Gasteiger partial charge in [-0.15, -0.1) is 0 Å². The molecule has 5 nitrogen and oxygen atoms in total. The molecule has 0 aliphatic rings. The predicted octanol–water partition coefficient (Wildman–Crippen LogP) is 3.03. The number of nitrogens with zero attached hydrogens (tertiary/aromatic N) is 2. The minimum Gasteiger partial charge on any atom is -0.507 e. The van der Waals surface area contributed by atoms with Crippen LogP contribution in [0.2, 0.25) is 0 Å². The van der Waals surface area contributed by atoms with Crippen LogP contribution in [0.4, 0.5) is 11.5 Å². The molecule has 1 atom stereocenters. The summed E-state index contributed by atoms with van der Waals surface area (Å²) >= 11 is 0. The third-order valence-corrected chi connectivity index (χ3v) is 3.29. The summed E-state index contributed by atoms with van der Waals surface area (Å²) in [5.74, 6) is 1.71. The van der Waals surface area contributed by atoms with E-state index in [2.05, 4.69) is 10.3 Å². The molecule has 1 heterocycles. The minimum atomic E-state index is -0.0567. The summed E-state index contributed by atoms with van der Waals surface area (Å²) in [5, 5.41) is 13.5. The summed E-state index contributed by atoms with van der Waals surface area (Å²) < 4.78 is 5.10. The molecule has 0 fully saturated rings. The van der Waals surface area contributed by atoms with Crippen molar-refractivity contribution in [1.29, 1.82) is 0 Å². The number of benzene rings is 1. The second kappa shape index (κ2) is 6.35. The zero-order valence-electron chi connectivity index (χ0n) is 12.8. The molecular formula is C16H21N3O2. The first-order valence-electron chi connectivity index (χ1n) is 6.78. The van der Waals surface area contributed by atoms with Crippen LogP contribution in [0.3, 0.4) is 0 Å². The molecule has 21 heavy (non-hydrogen) atoms. The van der Waals surface area contributed by atoms with Crippen LogP contribution in [0.25, 0.3) is 0 Å². The number of methoxy groups -OCH3 is 1. The molecule has 0 bridgehead atoms. The molecule has 1 aromatic carbocycles. The molecule has 0 radical (unpaired) electrons. The lowest BCUT2D eigenvalue weighted by Crippen LogP contribution is -2.15. The van der Waals surface area contributed by atoms with Gasteiger partial charge in [0, 0.05) is 31.9 Å². The van der Waals surface area contributed by atoms with Crippen molar-refractivity contribution in [3.63, 3.8) is 0 Å². The highest BCUT2D eigenvalue weighted by Gasteiger charge is 2.14. The number of aromatic nitrogens is 1. The Kier molecular flexibility index (Phi) is 4.52. The van der Waals surface area contributed by atoms with Crippen molar-refractivity contribution in [3.05, 3.63) is 42.1 Å². The fourth-order valence-electron chi connectivity index (χ4n) is 2.19. The van der Waals surface area contributed by atoms with Gasteiger partial charge in [0.2, 0.25) is 0 Å². The zero-order chi connectivity index (χ0) is 15.4. The van der Waals surface area contributed by atoms with Crippen LogP contribution in [-0.4, -0.2) is 31.3 Å². The predicted molar refractivity (Wildman–Crippen MR) is 85.3 cm³/mol. The number of nitrogens with one attached hydrogen (secondary N) is 1. The molecule has 0 saturated carbocycles. The maximum Gasteiger partial charge on any atom is 0.151 e. The number of hydrogen-bond acceptors (Lipinski definition) is 5. The second-order valence-corrected chi connectivity index (χ2v) is 5.06. The zero-order valence-corrected chi connectivity index (χ0v) is 12.8. The van der Waals surface area contributed by atoms with Crippen LogP contribution in [0.1, 0.15) is 18.5 Å². The second-order valence-electron chi connectivity index (χ2n) is 5.06. The van der Waals surface area contributed by atoms with E-state index in [1.165, 1.54) is 0 Å². The van der Waals surface area contributed by atoms with Crippen molar-refractivity contribution >= 4 is 11.5 Å². The Morgan fingerprint density at radius 3 is 2.67 bits per heavy atom. The highest BCUT2D eigenvalue weighted by Crippen LogP contribution is 2.32. The number of anilines is 2. The first-order chi connectivity index (χ1) is 10.0. The molecule has 0 aliphatic carbocycles. The van der Waals surface area contributed by atoms with Gasteiger partial charge >= 0.3 is 0 Å². The van der Waals surface area contributed by atoms with Crippen molar-refractivity contribution in [3.8, 4) is 11.5 Å². The number of phenols is 1.